The summed E-state index contributed by atoms with van der Waals surface area (Å²) >= 11 is 0. The van der Waals surface area contributed by atoms with Gasteiger partial charge in [0, 0.05) is 34.4 Å². The first kappa shape index (κ1) is 21.8. The molecule has 7 heteroatoms. The number of amides is 1. The molecular weight excluding hydrogens is 390 g/mol. The molecule has 0 spiro atoms. The molecule has 0 saturated carbocycles. The van der Waals surface area contributed by atoms with Crippen LogP contribution in [0.4, 0.5) is 0 Å². The van der Waals surface area contributed by atoms with E-state index in [0.29, 0.717) is 17.1 Å². The van der Waals surface area contributed by atoms with E-state index in [1.807, 2.05) is 36.4 Å². The highest BCUT2D eigenvalue weighted by Crippen LogP contribution is 2.32. The maximum absolute atomic E-state index is 13.7. The van der Waals surface area contributed by atoms with Crippen LogP contribution in [0.3, 0.4) is 0 Å². The number of nitrogens with one attached hydrogen (secondary N) is 1. The summed E-state index contributed by atoms with van der Waals surface area (Å²) in [5.41, 5.74) is 1.82. The Labute approximate surface area is 182 Å². The molecule has 31 heavy (non-hydrogen) atoms. The fraction of sp³-hybridized carbons (Fsp3) is 0.250. The van der Waals surface area contributed by atoms with Crippen LogP contribution in [0.2, 0.25) is 0 Å². The highest BCUT2D eigenvalue weighted by atomic mass is 16.2. The van der Waals surface area contributed by atoms with Gasteiger partial charge in [-0.05, 0) is 41.8 Å². The lowest BCUT2D eigenvalue weighted by molar-refractivity contribution is -0.127. The molecular formula is C24H25N5O2. The number of benzene rings is 2. The van der Waals surface area contributed by atoms with Gasteiger partial charge in [0.25, 0.3) is 5.91 Å². The standard InChI is InChI=1S/C24H25N5O2/c1-24(19-11-7-10-18(13-19)17-9-6-8-16(12-17)14-25)21(30)20(15-28(3)4)22(31)29(5)23(26-2)27-24/h6-13,15H,1-5H3,(H,26,27)/b20-15-. The normalized spacial score (nSPS) is 21.6. The number of Topliss-reactive ketones (excluding diaryl/α,β-unsaturated/α-hetero) is 1. The van der Waals surface area contributed by atoms with Crippen molar-refractivity contribution < 1.29 is 9.59 Å². The average molecular weight is 415 g/mol. The summed E-state index contributed by atoms with van der Waals surface area (Å²) in [5, 5.41) is 12.4. The van der Waals surface area contributed by atoms with Gasteiger partial charge in [-0.2, -0.15) is 5.26 Å². The summed E-state index contributed by atoms with van der Waals surface area (Å²) in [7, 11) is 6.69. The van der Waals surface area contributed by atoms with Gasteiger partial charge in [-0.15, -0.1) is 0 Å². The molecule has 1 amide bonds. The summed E-state index contributed by atoms with van der Waals surface area (Å²) in [6, 6.07) is 17.0. The average Bonchev–Trinajstić information content (AvgIpc) is 2.85. The van der Waals surface area contributed by atoms with Crippen LogP contribution < -0.4 is 5.32 Å². The SMILES string of the molecule is CN=C1NC(C)(c2cccc(-c3cccc(C#N)c3)c2)C(=O)/C(=C/N(C)C)C(=O)N1C. The van der Waals surface area contributed by atoms with Crippen molar-refractivity contribution in [2.75, 3.05) is 28.2 Å². The molecule has 0 aromatic heterocycles. The van der Waals surface area contributed by atoms with Crippen molar-refractivity contribution in [2.24, 2.45) is 4.99 Å². The maximum Gasteiger partial charge on any atom is 0.265 e. The maximum atomic E-state index is 13.7. The Morgan fingerprint density at radius 1 is 1.13 bits per heavy atom. The molecule has 158 valence electrons. The lowest BCUT2D eigenvalue weighted by Crippen LogP contribution is -2.51. The molecule has 7 nitrogen and oxygen atoms in total. The Morgan fingerprint density at radius 3 is 2.39 bits per heavy atom. The topological polar surface area (TPSA) is 88.8 Å². The van der Waals surface area contributed by atoms with Crippen molar-refractivity contribution in [1.29, 1.82) is 5.26 Å². The zero-order valence-electron chi connectivity index (χ0n) is 18.3. The van der Waals surface area contributed by atoms with Gasteiger partial charge in [-0.3, -0.25) is 19.5 Å². The van der Waals surface area contributed by atoms with Gasteiger partial charge in [0.1, 0.15) is 11.1 Å². The summed E-state index contributed by atoms with van der Waals surface area (Å²) < 4.78 is 0. The number of nitriles is 1. The third-order valence-corrected chi connectivity index (χ3v) is 5.28. The van der Waals surface area contributed by atoms with E-state index < -0.39 is 11.4 Å². The van der Waals surface area contributed by atoms with E-state index in [4.69, 9.17) is 0 Å². The van der Waals surface area contributed by atoms with Gasteiger partial charge < -0.3 is 10.2 Å². The summed E-state index contributed by atoms with van der Waals surface area (Å²) in [6.45, 7) is 1.75. The van der Waals surface area contributed by atoms with E-state index in [-0.39, 0.29) is 11.4 Å². The van der Waals surface area contributed by atoms with Crippen LogP contribution in [0.15, 0.2) is 65.3 Å². The Balaban J connectivity index is 2.18. The number of aliphatic imine (C=N–C) groups is 1. The molecule has 2 aromatic rings. The molecule has 1 heterocycles. The fourth-order valence-corrected chi connectivity index (χ4v) is 3.57. The number of hydrogen-bond donors (Lipinski definition) is 1. The van der Waals surface area contributed by atoms with Crippen molar-refractivity contribution in [3.63, 3.8) is 0 Å². The molecule has 1 atom stereocenters. The van der Waals surface area contributed by atoms with E-state index in [2.05, 4.69) is 16.4 Å². The van der Waals surface area contributed by atoms with E-state index in [0.717, 1.165) is 11.1 Å². The second-order valence-electron chi connectivity index (χ2n) is 7.77. The quantitative estimate of drug-likeness (QED) is 0.615. The molecule has 1 unspecified atom stereocenters. The first-order chi connectivity index (χ1) is 14.7. The van der Waals surface area contributed by atoms with Crippen LogP contribution in [0, 0.1) is 11.3 Å². The fourth-order valence-electron chi connectivity index (χ4n) is 3.57. The van der Waals surface area contributed by atoms with Gasteiger partial charge in [0.2, 0.25) is 5.96 Å². The van der Waals surface area contributed by atoms with E-state index >= 15 is 0 Å². The highest BCUT2D eigenvalue weighted by molar-refractivity contribution is 6.27. The summed E-state index contributed by atoms with van der Waals surface area (Å²) in [4.78, 5) is 33.9. The highest BCUT2D eigenvalue weighted by Gasteiger charge is 2.45. The zero-order valence-corrected chi connectivity index (χ0v) is 18.3. The minimum atomic E-state index is -1.22. The number of carbonyl (C=O) groups is 2. The molecule has 1 N–H and O–H groups in total. The number of likely N-dealkylation sites (N-methyl/N-ethyl adjacent to an activating group) is 1. The molecule has 2 aromatic carbocycles. The summed E-state index contributed by atoms with van der Waals surface area (Å²) in [5.74, 6) is -0.465. The van der Waals surface area contributed by atoms with Gasteiger partial charge in [0.15, 0.2) is 5.78 Å². The molecule has 1 saturated heterocycles. The molecule has 0 radical (unpaired) electrons. The third-order valence-electron chi connectivity index (χ3n) is 5.28. The van der Waals surface area contributed by atoms with Gasteiger partial charge >= 0.3 is 0 Å². The van der Waals surface area contributed by atoms with Crippen LogP contribution in [0.5, 0.6) is 0 Å². The third kappa shape index (κ3) is 4.05. The minimum absolute atomic E-state index is 0.0676. The number of hydrogen-bond acceptors (Lipinski definition) is 5. The molecule has 1 aliphatic heterocycles. The van der Waals surface area contributed by atoms with Crippen LogP contribution in [-0.2, 0) is 15.1 Å². The lowest BCUT2D eigenvalue weighted by Gasteiger charge is -2.30. The second kappa shape index (κ2) is 8.44. The Morgan fingerprint density at radius 2 is 1.77 bits per heavy atom. The largest absolute Gasteiger partial charge is 0.383 e. The molecule has 3 rings (SSSR count). The zero-order chi connectivity index (χ0) is 22.8. The molecule has 1 aliphatic rings. The van der Waals surface area contributed by atoms with Crippen molar-refractivity contribution in [1.82, 2.24) is 15.1 Å². The van der Waals surface area contributed by atoms with Crippen LogP contribution in [0.25, 0.3) is 11.1 Å². The van der Waals surface area contributed by atoms with Crippen molar-refractivity contribution in [3.05, 3.63) is 71.4 Å². The van der Waals surface area contributed by atoms with Gasteiger partial charge in [-0.1, -0.05) is 30.3 Å². The predicted octanol–water partition coefficient (Wildman–Crippen LogP) is 2.50. The van der Waals surface area contributed by atoms with Crippen molar-refractivity contribution in [2.45, 2.75) is 12.5 Å². The Kier molecular flexibility index (Phi) is 5.93. The molecule has 0 bridgehead atoms. The first-order valence-corrected chi connectivity index (χ1v) is 9.78. The van der Waals surface area contributed by atoms with Crippen molar-refractivity contribution in [3.8, 4) is 17.2 Å². The van der Waals surface area contributed by atoms with Gasteiger partial charge in [-0.25, -0.2) is 0 Å². The van der Waals surface area contributed by atoms with Crippen molar-refractivity contribution >= 4 is 17.6 Å². The Hall–Kier alpha value is -3.92. The van der Waals surface area contributed by atoms with Crippen LogP contribution in [-0.4, -0.2) is 55.6 Å². The predicted molar refractivity (Wildman–Crippen MR) is 120 cm³/mol. The van der Waals surface area contributed by atoms with Crippen LogP contribution >= 0.6 is 0 Å². The summed E-state index contributed by atoms with van der Waals surface area (Å²) in [6.07, 6.45) is 1.54. The number of guanidine groups is 1. The smallest absolute Gasteiger partial charge is 0.265 e. The van der Waals surface area contributed by atoms with E-state index in [1.165, 1.54) is 4.90 Å². The number of nitrogens with zero attached hydrogens (tertiary/aromatic N) is 4. The molecule has 0 aliphatic carbocycles. The number of ketones is 1. The minimum Gasteiger partial charge on any atom is -0.383 e. The lowest BCUT2D eigenvalue weighted by atomic mass is 9.83. The number of rotatable bonds is 3. The molecule has 1 fully saturated rings. The Bertz CT molecular complexity index is 1140. The van der Waals surface area contributed by atoms with E-state index in [1.54, 1.807) is 58.3 Å². The van der Waals surface area contributed by atoms with Crippen LogP contribution in [0.1, 0.15) is 18.1 Å². The van der Waals surface area contributed by atoms with E-state index in [9.17, 15) is 14.9 Å². The monoisotopic (exact) mass is 415 g/mol. The van der Waals surface area contributed by atoms with Gasteiger partial charge in [0.05, 0.1) is 11.6 Å². The first-order valence-electron chi connectivity index (χ1n) is 9.78. The number of carbonyl (C=O) groups excluding carboxylic acids is 2. The second-order valence-corrected chi connectivity index (χ2v) is 7.77.